The molecule has 1 aromatic heterocycles. The van der Waals surface area contributed by atoms with Crippen molar-refractivity contribution in [2.75, 3.05) is 62.6 Å². The minimum atomic E-state index is -0.959. The fourth-order valence-electron chi connectivity index (χ4n) is 11.2. The van der Waals surface area contributed by atoms with Crippen LogP contribution in [0.4, 0.5) is 11.5 Å². The van der Waals surface area contributed by atoms with Crippen molar-refractivity contribution in [2.24, 2.45) is 17.6 Å². The molecule has 334 valence electrons. The number of aromatic nitrogens is 2. The molecule has 7 heterocycles. The van der Waals surface area contributed by atoms with Crippen LogP contribution in [-0.2, 0) is 9.59 Å². The molecule has 6 aliphatic rings. The number of imide groups is 2. The minimum absolute atomic E-state index is 0.103. The van der Waals surface area contributed by atoms with E-state index in [2.05, 4.69) is 30.0 Å². The first-order chi connectivity index (χ1) is 31.2. The first kappa shape index (κ1) is 41.9. The number of carbonyl (C=O) groups is 5. The van der Waals surface area contributed by atoms with Crippen LogP contribution < -0.4 is 26.0 Å². The molecule has 4 fully saturated rings. The van der Waals surface area contributed by atoms with Crippen LogP contribution in [0.2, 0.25) is 0 Å². The summed E-state index contributed by atoms with van der Waals surface area (Å²) >= 11 is 0. The molecule has 15 nitrogen and oxygen atoms in total. The molecular formula is C49H57N9O6. The predicted octanol–water partition coefficient (Wildman–Crippen LogP) is 5.68. The Balaban J connectivity index is 0.678. The maximum atomic E-state index is 13.4. The number of fused-ring (bicyclic) bond motifs is 2. The second-order valence-electron chi connectivity index (χ2n) is 18.4. The van der Waals surface area contributed by atoms with Gasteiger partial charge in [0.15, 0.2) is 0 Å². The number of para-hydroxylation sites is 1. The van der Waals surface area contributed by atoms with Gasteiger partial charge in [-0.1, -0.05) is 18.2 Å². The number of amides is 5. The number of rotatable bonds is 11. The zero-order chi connectivity index (χ0) is 43.9. The highest BCUT2D eigenvalue weighted by Crippen LogP contribution is 2.41. The summed E-state index contributed by atoms with van der Waals surface area (Å²) < 4.78 is 8.06. The molecule has 0 spiro atoms. The van der Waals surface area contributed by atoms with Crippen molar-refractivity contribution in [2.45, 2.75) is 82.3 Å². The maximum absolute atomic E-state index is 13.4. The van der Waals surface area contributed by atoms with Gasteiger partial charge in [0.2, 0.25) is 11.8 Å². The van der Waals surface area contributed by atoms with Crippen molar-refractivity contribution in [3.05, 3.63) is 89.5 Å². The number of primary amides is 1. The lowest BCUT2D eigenvalue weighted by Crippen LogP contribution is -2.54. The van der Waals surface area contributed by atoms with Crippen LogP contribution in [-0.4, -0.2) is 118 Å². The number of benzene rings is 3. The van der Waals surface area contributed by atoms with Crippen LogP contribution >= 0.6 is 0 Å². The molecule has 0 aliphatic carbocycles. The van der Waals surface area contributed by atoms with E-state index in [1.807, 2.05) is 60.7 Å². The molecule has 3 aromatic carbocycles. The fourth-order valence-corrected chi connectivity index (χ4v) is 11.2. The van der Waals surface area contributed by atoms with Gasteiger partial charge < -0.3 is 30.5 Å². The zero-order valence-corrected chi connectivity index (χ0v) is 36.3. The summed E-state index contributed by atoms with van der Waals surface area (Å²) in [4.78, 5) is 72.3. The lowest BCUT2D eigenvalue weighted by atomic mass is 9.85. The lowest BCUT2D eigenvalue weighted by Gasteiger charge is -2.44. The first-order valence-electron chi connectivity index (χ1n) is 23.2. The zero-order valence-electron chi connectivity index (χ0n) is 36.3. The molecule has 4 aromatic rings. The highest BCUT2D eigenvalue weighted by atomic mass is 16.5. The molecule has 4 N–H and O–H groups in total. The van der Waals surface area contributed by atoms with Gasteiger partial charge in [-0.3, -0.25) is 34.2 Å². The van der Waals surface area contributed by atoms with Gasteiger partial charge in [0, 0.05) is 43.3 Å². The van der Waals surface area contributed by atoms with Gasteiger partial charge in [0.1, 0.15) is 34.6 Å². The minimum Gasteiger partial charge on any atom is -0.457 e. The molecule has 4 saturated heterocycles. The quantitative estimate of drug-likeness (QED) is 0.158. The summed E-state index contributed by atoms with van der Waals surface area (Å²) in [6, 6.07) is 22.6. The van der Waals surface area contributed by atoms with Crippen molar-refractivity contribution in [1.29, 1.82) is 0 Å². The largest absolute Gasteiger partial charge is 0.457 e. The highest BCUT2D eigenvalue weighted by molar-refractivity contribution is 6.23. The molecule has 0 radical (unpaired) electrons. The van der Waals surface area contributed by atoms with E-state index in [0.717, 1.165) is 112 Å². The molecular weight excluding hydrogens is 811 g/mol. The number of nitrogens with zero attached hydrogens (tertiary/aromatic N) is 6. The van der Waals surface area contributed by atoms with Crippen LogP contribution in [0.5, 0.6) is 11.5 Å². The predicted molar refractivity (Wildman–Crippen MR) is 241 cm³/mol. The molecule has 2 atom stereocenters. The normalized spacial score (nSPS) is 22.9. The van der Waals surface area contributed by atoms with E-state index in [1.54, 1.807) is 12.1 Å². The molecule has 2 unspecified atom stereocenters. The molecule has 10 rings (SSSR count). The lowest BCUT2D eigenvalue weighted by molar-refractivity contribution is -0.136. The summed E-state index contributed by atoms with van der Waals surface area (Å²) in [7, 11) is 0. The summed E-state index contributed by atoms with van der Waals surface area (Å²) in [5.74, 6) is 0.946. The van der Waals surface area contributed by atoms with Gasteiger partial charge in [-0.2, -0.15) is 5.10 Å². The van der Waals surface area contributed by atoms with Gasteiger partial charge in [-0.05, 0) is 157 Å². The molecule has 15 heteroatoms. The smallest absolute Gasteiger partial charge is 0.262 e. The van der Waals surface area contributed by atoms with Gasteiger partial charge in [-0.15, -0.1) is 0 Å². The summed E-state index contributed by atoms with van der Waals surface area (Å²) in [5, 5.41) is 10.8. The van der Waals surface area contributed by atoms with Gasteiger partial charge >= 0.3 is 0 Å². The van der Waals surface area contributed by atoms with E-state index in [1.165, 1.54) is 19.3 Å². The third-order valence-electron chi connectivity index (χ3n) is 14.8. The number of hydrogen-bond donors (Lipinski definition) is 3. The Morgan fingerprint density at radius 1 is 0.766 bits per heavy atom. The second-order valence-corrected chi connectivity index (χ2v) is 18.4. The average molecular weight is 868 g/mol. The Hall–Kier alpha value is -6.06. The Morgan fingerprint density at radius 3 is 2.20 bits per heavy atom. The van der Waals surface area contributed by atoms with Crippen LogP contribution in [0.1, 0.15) is 101 Å². The van der Waals surface area contributed by atoms with E-state index in [4.69, 9.17) is 15.6 Å². The number of hydrogen-bond acceptors (Lipinski definition) is 11. The van der Waals surface area contributed by atoms with E-state index in [9.17, 15) is 24.0 Å². The molecule has 5 amide bonds. The summed E-state index contributed by atoms with van der Waals surface area (Å²) in [6.07, 6.45) is 9.16. The first-order valence-corrected chi connectivity index (χ1v) is 23.2. The molecule has 6 aliphatic heterocycles. The number of carbonyl (C=O) groups excluding carboxylic acids is 5. The number of nitrogens with one attached hydrogen (secondary N) is 2. The second kappa shape index (κ2) is 17.8. The topological polar surface area (TPSA) is 175 Å². The summed E-state index contributed by atoms with van der Waals surface area (Å²) in [6.45, 7) is 8.12. The Bertz CT molecular complexity index is 2410. The Kier molecular flexibility index (Phi) is 11.7. The van der Waals surface area contributed by atoms with Crippen molar-refractivity contribution < 1.29 is 28.7 Å². The molecule has 0 saturated carbocycles. The van der Waals surface area contributed by atoms with E-state index < -0.39 is 29.7 Å². The van der Waals surface area contributed by atoms with E-state index in [-0.39, 0.29) is 24.8 Å². The Labute approximate surface area is 373 Å². The highest BCUT2D eigenvalue weighted by Gasteiger charge is 2.45. The number of likely N-dealkylation sites (tertiary alicyclic amines) is 2. The summed E-state index contributed by atoms with van der Waals surface area (Å²) in [5.41, 5.74) is 9.48. The third kappa shape index (κ3) is 8.26. The maximum Gasteiger partial charge on any atom is 0.262 e. The molecule has 0 bridgehead atoms. The van der Waals surface area contributed by atoms with Crippen LogP contribution in [0.3, 0.4) is 0 Å². The fraction of sp³-hybridized carbons (Fsp3) is 0.469. The number of anilines is 2. The number of ether oxygens (including phenoxy) is 1. The average Bonchev–Trinajstić information content (AvgIpc) is 3.84. The standard InChI is InChI=1S/C49H57N9O6/c50-45(60)43-44(33-6-9-37(10-7-33)64-36-4-2-1-3-5-36)53-58-40(14-22-51-46(43)58)32-18-28-55(29-19-32)34-20-24-54(25-21-34)23-15-31-16-26-56(27-17-31)35-8-11-38-39(30-35)49(63)57(48(38)62)41-12-13-42(59)52-47(41)61/h1-11,30-32,34,40-41,51H,12-29H2,(H2,50,60)(H,52,59,61). The van der Waals surface area contributed by atoms with Gasteiger partial charge in [0.25, 0.3) is 17.7 Å². The van der Waals surface area contributed by atoms with Crippen LogP contribution in [0.25, 0.3) is 11.3 Å². The molecule has 64 heavy (non-hydrogen) atoms. The van der Waals surface area contributed by atoms with Crippen molar-refractivity contribution in [3.8, 4) is 22.8 Å². The van der Waals surface area contributed by atoms with Crippen LogP contribution in [0.15, 0.2) is 72.8 Å². The van der Waals surface area contributed by atoms with E-state index in [0.29, 0.717) is 46.0 Å². The van der Waals surface area contributed by atoms with Crippen molar-refractivity contribution in [3.63, 3.8) is 0 Å². The van der Waals surface area contributed by atoms with Crippen molar-refractivity contribution in [1.82, 2.24) is 29.8 Å². The monoisotopic (exact) mass is 867 g/mol. The van der Waals surface area contributed by atoms with Gasteiger partial charge in [0.05, 0.1) is 17.2 Å². The van der Waals surface area contributed by atoms with E-state index >= 15 is 0 Å². The SMILES string of the molecule is NC(=O)c1c(-c2ccc(Oc3ccccc3)cc2)nn2c1NCCC2C1CCN(C2CCN(CCC3CCN(c4ccc5c(c4)C(=O)N(C4CCC(=O)NC4=O)C5=O)CC3)CC2)CC1. The number of piperidine rings is 4. The third-order valence-corrected chi connectivity index (χ3v) is 14.8. The van der Waals surface area contributed by atoms with Crippen LogP contribution in [0, 0.1) is 11.8 Å². The Morgan fingerprint density at radius 2 is 1.48 bits per heavy atom. The number of nitrogens with two attached hydrogens (primary N) is 1. The van der Waals surface area contributed by atoms with Crippen molar-refractivity contribution >= 4 is 41.0 Å². The van der Waals surface area contributed by atoms with Gasteiger partial charge in [-0.25, -0.2) is 4.68 Å².